The number of hydrogen-bond acceptors (Lipinski definition) is 4. The van der Waals surface area contributed by atoms with Gasteiger partial charge in [0.25, 0.3) is 0 Å². The van der Waals surface area contributed by atoms with Gasteiger partial charge in [0.2, 0.25) is 0 Å². The van der Waals surface area contributed by atoms with Crippen molar-refractivity contribution in [2.24, 2.45) is 0 Å². The van der Waals surface area contributed by atoms with Gasteiger partial charge in [0.1, 0.15) is 12.4 Å². The highest BCUT2D eigenvalue weighted by Gasteiger charge is 2.22. The lowest BCUT2D eigenvalue weighted by Crippen LogP contribution is -2.11. The second-order valence-electron chi connectivity index (χ2n) is 5.55. The molecule has 0 N–H and O–H groups in total. The number of rotatable bonds is 6. The Bertz CT molecular complexity index is 795. The molecular formula is C18H20O4S. The summed E-state index contributed by atoms with van der Waals surface area (Å²) >= 11 is 0. The maximum absolute atomic E-state index is 11.9. The van der Waals surface area contributed by atoms with E-state index in [0.29, 0.717) is 23.5 Å². The summed E-state index contributed by atoms with van der Waals surface area (Å²) in [5.41, 5.74) is 1.97. The van der Waals surface area contributed by atoms with E-state index in [1.807, 2.05) is 30.3 Å². The Kier molecular flexibility index (Phi) is 5.21. The lowest BCUT2D eigenvalue weighted by molar-refractivity contribution is 0.101. The molecule has 2 aromatic carbocycles. The summed E-state index contributed by atoms with van der Waals surface area (Å²) in [4.78, 5) is 11.6. The van der Waals surface area contributed by atoms with Crippen LogP contribution in [0.15, 0.2) is 48.5 Å². The molecule has 0 aromatic heterocycles. The Morgan fingerprint density at radius 1 is 1.13 bits per heavy atom. The number of carbonyl (C=O) groups excluding carboxylic acids is 1. The average Bonchev–Trinajstić information content (AvgIpc) is 2.52. The van der Waals surface area contributed by atoms with Gasteiger partial charge in [-0.1, -0.05) is 30.3 Å². The highest BCUT2D eigenvalue weighted by molar-refractivity contribution is 7.90. The van der Waals surface area contributed by atoms with Crippen molar-refractivity contribution in [1.29, 1.82) is 0 Å². The molecule has 4 nitrogen and oxygen atoms in total. The first-order valence-corrected chi connectivity index (χ1v) is 9.25. The number of hydrogen-bond donors (Lipinski definition) is 0. The summed E-state index contributed by atoms with van der Waals surface area (Å²) in [5, 5.41) is -0.743. The van der Waals surface area contributed by atoms with Crippen LogP contribution >= 0.6 is 0 Å². The lowest BCUT2D eigenvalue weighted by Gasteiger charge is -2.17. The topological polar surface area (TPSA) is 60.4 Å². The molecule has 0 fully saturated rings. The highest BCUT2D eigenvalue weighted by Crippen LogP contribution is 2.31. The van der Waals surface area contributed by atoms with Gasteiger partial charge in [0, 0.05) is 17.4 Å². The van der Waals surface area contributed by atoms with E-state index >= 15 is 0 Å². The van der Waals surface area contributed by atoms with Crippen LogP contribution in [0.1, 0.15) is 40.6 Å². The summed E-state index contributed by atoms with van der Waals surface area (Å²) in [6, 6.07) is 14.5. The van der Waals surface area contributed by atoms with Crippen LogP contribution in [0.2, 0.25) is 0 Å². The van der Waals surface area contributed by atoms with Gasteiger partial charge in [-0.3, -0.25) is 4.79 Å². The summed E-state index contributed by atoms with van der Waals surface area (Å²) < 4.78 is 29.6. The first kappa shape index (κ1) is 17.2. The molecule has 0 aliphatic rings. The summed E-state index contributed by atoms with van der Waals surface area (Å²) in [6.07, 6.45) is 1.18. The molecule has 0 saturated carbocycles. The first-order chi connectivity index (χ1) is 10.8. The van der Waals surface area contributed by atoms with Gasteiger partial charge >= 0.3 is 0 Å². The minimum atomic E-state index is -3.30. The van der Waals surface area contributed by atoms with E-state index < -0.39 is 15.1 Å². The van der Waals surface area contributed by atoms with Crippen LogP contribution in [0.4, 0.5) is 0 Å². The Morgan fingerprint density at radius 3 is 2.35 bits per heavy atom. The van der Waals surface area contributed by atoms with Crippen LogP contribution < -0.4 is 4.74 Å². The van der Waals surface area contributed by atoms with Crippen molar-refractivity contribution >= 4 is 15.6 Å². The van der Waals surface area contributed by atoms with E-state index in [9.17, 15) is 13.2 Å². The Balaban J connectivity index is 2.36. The maximum atomic E-state index is 11.9. The van der Waals surface area contributed by atoms with Crippen molar-refractivity contribution in [2.75, 3.05) is 6.26 Å². The van der Waals surface area contributed by atoms with Gasteiger partial charge in [0.15, 0.2) is 15.6 Å². The number of sulfone groups is 1. The van der Waals surface area contributed by atoms with Gasteiger partial charge in [-0.25, -0.2) is 8.42 Å². The Labute approximate surface area is 137 Å². The molecule has 122 valence electrons. The quantitative estimate of drug-likeness (QED) is 0.759. The maximum Gasteiger partial charge on any atom is 0.159 e. The smallest absolute Gasteiger partial charge is 0.159 e. The molecule has 0 amide bonds. The Morgan fingerprint density at radius 2 is 1.78 bits per heavy atom. The third kappa shape index (κ3) is 4.42. The average molecular weight is 332 g/mol. The van der Waals surface area contributed by atoms with Crippen molar-refractivity contribution in [3.63, 3.8) is 0 Å². The Hall–Kier alpha value is -2.14. The van der Waals surface area contributed by atoms with Gasteiger partial charge in [-0.2, -0.15) is 0 Å². The summed E-state index contributed by atoms with van der Waals surface area (Å²) in [5.74, 6) is 0.373. The van der Waals surface area contributed by atoms with E-state index in [4.69, 9.17) is 4.74 Å². The largest absolute Gasteiger partial charge is 0.489 e. The van der Waals surface area contributed by atoms with Gasteiger partial charge in [-0.15, -0.1) is 0 Å². The molecule has 23 heavy (non-hydrogen) atoms. The van der Waals surface area contributed by atoms with Crippen LogP contribution in [-0.4, -0.2) is 20.5 Å². The monoisotopic (exact) mass is 332 g/mol. The predicted molar refractivity (Wildman–Crippen MR) is 90.5 cm³/mol. The van der Waals surface area contributed by atoms with Crippen LogP contribution in [0, 0.1) is 0 Å². The molecule has 0 unspecified atom stereocenters. The third-order valence-corrected chi connectivity index (χ3v) is 5.27. The van der Waals surface area contributed by atoms with E-state index in [2.05, 4.69) is 0 Å². The predicted octanol–water partition coefficient (Wildman–Crippen LogP) is 3.57. The number of ether oxygens (including phenoxy) is 1. The molecule has 0 bridgehead atoms. The fourth-order valence-electron chi connectivity index (χ4n) is 2.18. The molecule has 0 heterocycles. The molecular weight excluding hydrogens is 312 g/mol. The molecule has 1 atom stereocenters. The molecule has 5 heteroatoms. The van der Waals surface area contributed by atoms with E-state index in [-0.39, 0.29) is 5.78 Å². The molecule has 0 aliphatic heterocycles. The zero-order valence-electron chi connectivity index (χ0n) is 13.4. The fraction of sp³-hybridized carbons (Fsp3) is 0.278. The van der Waals surface area contributed by atoms with E-state index in [1.54, 1.807) is 25.1 Å². The molecule has 0 radical (unpaired) electrons. The summed E-state index contributed by atoms with van der Waals surface area (Å²) in [7, 11) is -3.30. The third-order valence-electron chi connectivity index (χ3n) is 3.73. The van der Waals surface area contributed by atoms with Crippen molar-refractivity contribution in [2.45, 2.75) is 25.7 Å². The van der Waals surface area contributed by atoms with E-state index in [0.717, 1.165) is 5.56 Å². The van der Waals surface area contributed by atoms with Crippen molar-refractivity contribution in [3.05, 3.63) is 65.2 Å². The SMILES string of the molecule is CC(=O)c1ccc(OCc2ccccc2)c([C@@H](C)S(C)(=O)=O)c1. The number of carbonyl (C=O) groups is 1. The van der Waals surface area contributed by atoms with Gasteiger partial charge in [0.05, 0.1) is 5.25 Å². The second kappa shape index (κ2) is 6.96. The van der Waals surface area contributed by atoms with Crippen molar-refractivity contribution in [3.8, 4) is 5.75 Å². The molecule has 0 aliphatic carbocycles. The van der Waals surface area contributed by atoms with Crippen LogP contribution in [0.25, 0.3) is 0 Å². The lowest BCUT2D eigenvalue weighted by atomic mass is 10.0. The zero-order valence-corrected chi connectivity index (χ0v) is 14.3. The molecule has 2 rings (SSSR count). The van der Waals surface area contributed by atoms with Crippen LogP contribution in [0.5, 0.6) is 5.75 Å². The second-order valence-corrected chi connectivity index (χ2v) is 7.92. The summed E-state index contributed by atoms with van der Waals surface area (Å²) in [6.45, 7) is 3.39. The van der Waals surface area contributed by atoms with Gasteiger partial charge < -0.3 is 4.74 Å². The number of benzene rings is 2. The molecule has 0 spiro atoms. The van der Waals surface area contributed by atoms with Crippen LogP contribution in [-0.2, 0) is 16.4 Å². The van der Waals surface area contributed by atoms with E-state index in [1.165, 1.54) is 13.2 Å². The van der Waals surface area contributed by atoms with Crippen LogP contribution in [0.3, 0.4) is 0 Å². The van der Waals surface area contributed by atoms with Crippen molar-refractivity contribution in [1.82, 2.24) is 0 Å². The molecule has 0 saturated heterocycles. The normalized spacial score (nSPS) is 12.7. The first-order valence-electron chi connectivity index (χ1n) is 7.29. The highest BCUT2D eigenvalue weighted by atomic mass is 32.2. The molecule has 2 aromatic rings. The zero-order chi connectivity index (χ0) is 17.0. The fourth-order valence-corrected chi connectivity index (χ4v) is 2.83. The van der Waals surface area contributed by atoms with Gasteiger partial charge in [-0.05, 0) is 37.6 Å². The number of ketones is 1. The van der Waals surface area contributed by atoms with Crippen molar-refractivity contribution < 1.29 is 17.9 Å². The minimum absolute atomic E-state index is 0.110. The minimum Gasteiger partial charge on any atom is -0.489 e. The standard InChI is InChI=1S/C18H20O4S/c1-13(19)16-9-10-18(17(11-16)14(2)23(3,20)21)22-12-15-7-5-4-6-8-15/h4-11,14H,12H2,1-3H3/t14-/m1/s1. The number of Topliss-reactive ketones (excluding diaryl/α,β-unsaturated/α-hetero) is 1.